The highest BCUT2D eigenvalue weighted by atomic mass is 35.5. The second-order valence-electron chi connectivity index (χ2n) is 6.32. The molecule has 0 unspecified atom stereocenters. The lowest BCUT2D eigenvalue weighted by molar-refractivity contribution is 0.0811. The minimum atomic E-state index is 0.0168. The van der Waals surface area contributed by atoms with Crippen LogP contribution in [0.2, 0.25) is 5.02 Å². The van der Waals surface area contributed by atoms with Crippen LogP contribution in [0.4, 0.5) is 0 Å². The normalized spacial score (nSPS) is 18.5. The van der Waals surface area contributed by atoms with Gasteiger partial charge in [-0.25, -0.2) is 0 Å². The second-order valence-corrected chi connectivity index (χ2v) is 7.67. The molecule has 0 bridgehead atoms. The van der Waals surface area contributed by atoms with Gasteiger partial charge >= 0.3 is 0 Å². The van der Waals surface area contributed by atoms with Crippen LogP contribution in [0, 0.1) is 5.92 Å². The molecule has 2 heterocycles. The van der Waals surface area contributed by atoms with E-state index < -0.39 is 0 Å². The number of rotatable bonds is 5. The minimum absolute atomic E-state index is 0.0168. The summed E-state index contributed by atoms with van der Waals surface area (Å²) >= 11 is 7.50. The lowest BCUT2D eigenvalue weighted by Gasteiger charge is -2.31. The molecule has 126 valence electrons. The molecule has 1 fully saturated rings. The molecule has 0 spiro atoms. The Morgan fingerprint density at radius 2 is 2.17 bits per heavy atom. The maximum atomic E-state index is 12.7. The molecule has 3 nitrogen and oxygen atoms in total. The Hall–Kier alpha value is -1.49. The van der Waals surface area contributed by atoms with Crippen molar-refractivity contribution in [3.63, 3.8) is 0 Å². The van der Waals surface area contributed by atoms with Gasteiger partial charge in [0.05, 0.1) is 4.88 Å². The van der Waals surface area contributed by atoms with Crippen molar-refractivity contribution in [2.45, 2.75) is 26.3 Å². The van der Waals surface area contributed by atoms with Crippen LogP contribution >= 0.6 is 22.9 Å². The molecule has 1 aromatic heterocycles. The van der Waals surface area contributed by atoms with E-state index in [9.17, 15) is 9.59 Å². The van der Waals surface area contributed by atoms with Gasteiger partial charge in [-0.1, -0.05) is 23.7 Å². The Kier molecular flexibility index (Phi) is 5.49. The highest BCUT2D eigenvalue weighted by Gasteiger charge is 2.26. The van der Waals surface area contributed by atoms with Gasteiger partial charge in [-0.15, -0.1) is 11.3 Å². The first-order valence-corrected chi connectivity index (χ1v) is 9.39. The largest absolute Gasteiger partial charge is 0.298 e. The van der Waals surface area contributed by atoms with Crippen LogP contribution in [0.1, 0.15) is 45.4 Å². The summed E-state index contributed by atoms with van der Waals surface area (Å²) in [6.45, 7) is 4.14. The number of likely N-dealkylation sites (tertiary alicyclic amines) is 1. The molecule has 2 aromatic rings. The number of ketones is 2. The van der Waals surface area contributed by atoms with Crippen molar-refractivity contribution in [3.05, 3.63) is 56.7 Å². The lowest BCUT2D eigenvalue weighted by atomic mass is 9.90. The monoisotopic (exact) mass is 361 g/mol. The molecular formula is C19H20ClNO2S. The number of piperidine rings is 1. The molecular weight excluding hydrogens is 342 g/mol. The Morgan fingerprint density at radius 1 is 1.33 bits per heavy atom. The summed E-state index contributed by atoms with van der Waals surface area (Å²) in [4.78, 5) is 27.2. The van der Waals surface area contributed by atoms with Crippen molar-refractivity contribution in [2.75, 3.05) is 13.1 Å². The number of nitrogens with zero attached hydrogens (tertiary/aromatic N) is 1. The number of hydrogen-bond acceptors (Lipinski definition) is 4. The molecule has 1 aliphatic rings. The van der Waals surface area contributed by atoms with Crippen molar-refractivity contribution in [2.24, 2.45) is 5.92 Å². The van der Waals surface area contributed by atoms with Crippen LogP contribution in [0.15, 0.2) is 35.7 Å². The van der Waals surface area contributed by atoms with Gasteiger partial charge in [0.2, 0.25) is 0 Å². The third kappa shape index (κ3) is 4.12. The van der Waals surface area contributed by atoms with Gasteiger partial charge in [-0.05, 0) is 55.5 Å². The molecule has 0 aliphatic carbocycles. The molecule has 1 aliphatic heterocycles. The van der Waals surface area contributed by atoms with Crippen molar-refractivity contribution >= 4 is 34.5 Å². The Bertz CT molecular complexity index is 755. The molecule has 5 heteroatoms. The highest BCUT2D eigenvalue weighted by molar-refractivity contribution is 7.12. The smallest absolute Gasteiger partial charge is 0.169 e. The molecule has 1 aromatic carbocycles. The Balaban J connectivity index is 1.65. The lowest BCUT2D eigenvalue weighted by Crippen LogP contribution is -2.38. The SMILES string of the molecule is CC(=O)c1cc(CN2CCC[C@H](C(=O)c3cccc(Cl)c3)C2)cs1. The zero-order chi connectivity index (χ0) is 17.1. The fourth-order valence-corrected chi connectivity index (χ4v) is 4.19. The summed E-state index contributed by atoms with van der Waals surface area (Å²) in [6.07, 6.45) is 1.94. The molecule has 0 saturated carbocycles. The topological polar surface area (TPSA) is 37.4 Å². The number of halogens is 1. The number of hydrogen-bond donors (Lipinski definition) is 0. The number of carbonyl (C=O) groups excluding carboxylic acids is 2. The van der Waals surface area contributed by atoms with Crippen LogP contribution in [-0.4, -0.2) is 29.6 Å². The van der Waals surface area contributed by atoms with Crippen LogP contribution < -0.4 is 0 Å². The zero-order valence-corrected chi connectivity index (χ0v) is 15.2. The summed E-state index contributed by atoms with van der Waals surface area (Å²) < 4.78 is 0. The van der Waals surface area contributed by atoms with E-state index >= 15 is 0 Å². The van der Waals surface area contributed by atoms with Crippen LogP contribution in [0.5, 0.6) is 0 Å². The molecule has 0 amide bonds. The summed E-state index contributed by atoms with van der Waals surface area (Å²) in [5, 5.41) is 2.64. The van der Waals surface area contributed by atoms with Crippen molar-refractivity contribution in [1.29, 1.82) is 0 Å². The third-order valence-corrected chi connectivity index (χ3v) is 5.71. The van der Waals surface area contributed by atoms with Crippen molar-refractivity contribution in [1.82, 2.24) is 4.90 Å². The Labute approximate surface area is 151 Å². The summed E-state index contributed by atoms with van der Waals surface area (Å²) in [6, 6.07) is 9.17. The van der Waals surface area contributed by atoms with Crippen LogP contribution in [-0.2, 0) is 6.54 Å². The number of thiophene rings is 1. The van der Waals surface area contributed by atoms with E-state index in [0.717, 1.165) is 42.9 Å². The van der Waals surface area contributed by atoms with Gasteiger partial charge in [0, 0.05) is 29.6 Å². The van der Waals surface area contributed by atoms with E-state index in [1.54, 1.807) is 19.1 Å². The summed E-state index contributed by atoms with van der Waals surface area (Å²) in [7, 11) is 0. The van der Waals surface area contributed by atoms with Gasteiger partial charge in [-0.3, -0.25) is 14.5 Å². The van der Waals surface area contributed by atoms with E-state index in [2.05, 4.69) is 4.90 Å². The van der Waals surface area contributed by atoms with E-state index in [1.165, 1.54) is 11.3 Å². The van der Waals surface area contributed by atoms with Gasteiger partial charge < -0.3 is 0 Å². The Morgan fingerprint density at radius 3 is 2.88 bits per heavy atom. The summed E-state index contributed by atoms with van der Waals surface area (Å²) in [5.41, 5.74) is 1.85. The maximum absolute atomic E-state index is 12.7. The highest BCUT2D eigenvalue weighted by Crippen LogP contribution is 2.25. The molecule has 3 rings (SSSR count). The number of carbonyl (C=O) groups is 2. The quantitative estimate of drug-likeness (QED) is 0.724. The van der Waals surface area contributed by atoms with Crippen LogP contribution in [0.3, 0.4) is 0 Å². The van der Waals surface area contributed by atoms with Gasteiger partial charge in [-0.2, -0.15) is 0 Å². The van der Waals surface area contributed by atoms with Crippen molar-refractivity contribution in [3.8, 4) is 0 Å². The van der Waals surface area contributed by atoms with E-state index in [-0.39, 0.29) is 17.5 Å². The van der Waals surface area contributed by atoms with Gasteiger partial charge in [0.15, 0.2) is 11.6 Å². The first kappa shape index (κ1) is 17.3. The molecule has 0 radical (unpaired) electrons. The summed E-state index contributed by atoms with van der Waals surface area (Å²) in [5.74, 6) is 0.305. The second kappa shape index (κ2) is 7.60. The molecule has 1 atom stereocenters. The first-order chi connectivity index (χ1) is 11.5. The molecule has 1 saturated heterocycles. The predicted octanol–water partition coefficient (Wildman–Crippen LogP) is 4.70. The molecule has 24 heavy (non-hydrogen) atoms. The fourth-order valence-electron chi connectivity index (χ4n) is 3.19. The number of benzene rings is 1. The fraction of sp³-hybridized carbons (Fsp3) is 0.368. The average molecular weight is 362 g/mol. The van der Waals surface area contributed by atoms with E-state index in [4.69, 9.17) is 11.6 Å². The average Bonchev–Trinajstić information content (AvgIpc) is 3.03. The number of Topliss-reactive ketones (excluding diaryl/α,β-unsaturated/α-hetero) is 2. The minimum Gasteiger partial charge on any atom is -0.298 e. The van der Waals surface area contributed by atoms with E-state index in [1.807, 2.05) is 23.6 Å². The van der Waals surface area contributed by atoms with Gasteiger partial charge in [0.1, 0.15) is 0 Å². The third-order valence-electron chi connectivity index (χ3n) is 4.39. The van der Waals surface area contributed by atoms with Gasteiger partial charge in [0.25, 0.3) is 0 Å². The molecule has 0 N–H and O–H groups in total. The van der Waals surface area contributed by atoms with Crippen molar-refractivity contribution < 1.29 is 9.59 Å². The van der Waals surface area contributed by atoms with Crippen LogP contribution in [0.25, 0.3) is 0 Å². The predicted molar refractivity (Wildman–Crippen MR) is 98.1 cm³/mol. The standard InChI is InChI=1S/C19H20ClNO2S/c1-13(22)18-8-14(12-24-18)10-21-7-3-5-16(11-21)19(23)15-4-2-6-17(20)9-15/h2,4,6,8-9,12,16H,3,5,7,10-11H2,1H3/t16-/m0/s1. The zero-order valence-electron chi connectivity index (χ0n) is 13.6. The first-order valence-electron chi connectivity index (χ1n) is 8.13. The van der Waals surface area contributed by atoms with E-state index in [0.29, 0.717) is 10.6 Å². The maximum Gasteiger partial charge on any atom is 0.169 e.